The van der Waals surface area contributed by atoms with Crippen LogP contribution in [0.25, 0.3) is 0 Å². The zero-order valence-corrected chi connectivity index (χ0v) is 19.5. The van der Waals surface area contributed by atoms with Crippen LogP contribution < -0.4 is 5.32 Å². The van der Waals surface area contributed by atoms with Gasteiger partial charge >= 0.3 is 0 Å². The SMILES string of the molecule is CCc1ccc(CN(CC(=O)N2CCNCC2)S(=O)(=O)c2ccc(C(C)C)cc2)cc1. The van der Waals surface area contributed by atoms with Gasteiger partial charge in [-0.2, -0.15) is 4.31 Å². The Kier molecular flexibility index (Phi) is 7.86. The summed E-state index contributed by atoms with van der Waals surface area (Å²) in [5.74, 6) is 0.160. The zero-order chi connectivity index (χ0) is 22.4. The summed E-state index contributed by atoms with van der Waals surface area (Å²) in [4.78, 5) is 14.9. The molecule has 1 aliphatic heterocycles. The third kappa shape index (κ3) is 5.93. The molecule has 2 aromatic rings. The maximum atomic E-state index is 13.5. The maximum Gasteiger partial charge on any atom is 0.243 e. The van der Waals surface area contributed by atoms with Gasteiger partial charge in [-0.1, -0.05) is 57.2 Å². The van der Waals surface area contributed by atoms with Gasteiger partial charge in [-0.15, -0.1) is 0 Å². The highest BCUT2D eigenvalue weighted by Crippen LogP contribution is 2.22. The second kappa shape index (κ2) is 10.4. The number of piperazine rings is 1. The standard InChI is InChI=1S/C24H33N3O3S/c1-4-20-5-7-21(8-6-20)17-27(18-24(28)26-15-13-25-14-16-26)31(29,30)23-11-9-22(10-12-23)19(2)3/h5-12,19,25H,4,13-18H2,1-3H3. The number of sulfonamides is 1. The number of carbonyl (C=O) groups excluding carboxylic acids is 1. The molecule has 0 atom stereocenters. The summed E-state index contributed by atoms with van der Waals surface area (Å²) in [5.41, 5.74) is 3.14. The van der Waals surface area contributed by atoms with Gasteiger partial charge in [-0.05, 0) is 41.2 Å². The molecule has 2 aromatic carbocycles. The Morgan fingerprint density at radius 3 is 2.13 bits per heavy atom. The molecule has 6 nitrogen and oxygen atoms in total. The largest absolute Gasteiger partial charge is 0.339 e. The number of nitrogens with one attached hydrogen (secondary N) is 1. The van der Waals surface area contributed by atoms with Gasteiger partial charge in [0, 0.05) is 32.7 Å². The molecule has 0 unspecified atom stereocenters. The van der Waals surface area contributed by atoms with E-state index in [0.29, 0.717) is 19.0 Å². The summed E-state index contributed by atoms with van der Waals surface area (Å²) in [6, 6.07) is 14.9. The van der Waals surface area contributed by atoms with Crippen LogP contribution in [0.15, 0.2) is 53.4 Å². The fourth-order valence-electron chi connectivity index (χ4n) is 3.65. The van der Waals surface area contributed by atoms with E-state index in [1.165, 1.54) is 9.87 Å². The molecular weight excluding hydrogens is 410 g/mol. The van der Waals surface area contributed by atoms with Gasteiger partial charge in [0.25, 0.3) is 0 Å². The Labute approximate surface area is 186 Å². The summed E-state index contributed by atoms with van der Waals surface area (Å²) < 4.78 is 28.3. The number of aryl methyl sites for hydroxylation is 1. The lowest BCUT2D eigenvalue weighted by molar-refractivity contribution is -0.132. The van der Waals surface area contributed by atoms with Crippen LogP contribution in [-0.4, -0.2) is 56.3 Å². The van der Waals surface area contributed by atoms with E-state index < -0.39 is 10.0 Å². The number of amides is 1. The fraction of sp³-hybridized carbons (Fsp3) is 0.458. The van der Waals surface area contributed by atoms with Crippen molar-refractivity contribution in [2.45, 2.75) is 44.6 Å². The molecule has 0 aliphatic carbocycles. The van der Waals surface area contributed by atoms with Crippen LogP contribution in [0.4, 0.5) is 0 Å². The Hall–Kier alpha value is -2.22. The number of carbonyl (C=O) groups is 1. The van der Waals surface area contributed by atoms with Crippen molar-refractivity contribution in [3.63, 3.8) is 0 Å². The first-order valence-electron chi connectivity index (χ1n) is 11.0. The van der Waals surface area contributed by atoms with Crippen LogP contribution in [0, 0.1) is 0 Å². The van der Waals surface area contributed by atoms with E-state index in [2.05, 4.69) is 26.1 Å². The first-order chi connectivity index (χ1) is 14.8. The van der Waals surface area contributed by atoms with Crippen molar-refractivity contribution in [2.24, 2.45) is 0 Å². The predicted octanol–water partition coefficient (Wildman–Crippen LogP) is 3.00. The van der Waals surface area contributed by atoms with E-state index in [1.807, 2.05) is 36.4 Å². The highest BCUT2D eigenvalue weighted by molar-refractivity contribution is 7.89. The van der Waals surface area contributed by atoms with E-state index >= 15 is 0 Å². The fourth-order valence-corrected chi connectivity index (χ4v) is 5.03. The van der Waals surface area contributed by atoms with E-state index in [0.717, 1.165) is 30.6 Å². The van der Waals surface area contributed by atoms with Gasteiger partial charge in [0.15, 0.2) is 0 Å². The van der Waals surface area contributed by atoms with E-state index in [1.54, 1.807) is 17.0 Å². The second-order valence-electron chi connectivity index (χ2n) is 8.30. The normalized spacial score (nSPS) is 14.9. The second-order valence-corrected chi connectivity index (χ2v) is 10.2. The van der Waals surface area contributed by atoms with Crippen molar-refractivity contribution in [1.82, 2.24) is 14.5 Å². The lowest BCUT2D eigenvalue weighted by atomic mass is 10.0. The van der Waals surface area contributed by atoms with Crippen molar-refractivity contribution < 1.29 is 13.2 Å². The van der Waals surface area contributed by atoms with Gasteiger partial charge in [0.1, 0.15) is 0 Å². The summed E-state index contributed by atoms with van der Waals surface area (Å²) in [7, 11) is -3.82. The van der Waals surface area contributed by atoms with Crippen molar-refractivity contribution in [3.8, 4) is 0 Å². The van der Waals surface area contributed by atoms with Gasteiger partial charge in [-0.3, -0.25) is 4.79 Å². The summed E-state index contributed by atoms with van der Waals surface area (Å²) in [5, 5.41) is 3.22. The van der Waals surface area contributed by atoms with Crippen LogP contribution in [0.2, 0.25) is 0 Å². The third-order valence-electron chi connectivity index (χ3n) is 5.76. The summed E-state index contributed by atoms with van der Waals surface area (Å²) in [6.07, 6.45) is 0.923. The third-order valence-corrected chi connectivity index (χ3v) is 7.56. The molecular formula is C24H33N3O3S. The van der Waals surface area contributed by atoms with E-state index in [4.69, 9.17) is 0 Å². The molecule has 31 heavy (non-hydrogen) atoms. The minimum Gasteiger partial charge on any atom is -0.339 e. The molecule has 0 radical (unpaired) electrons. The van der Waals surface area contributed by atoms with Crippen LogP contribution in [-0.2, 0) is 27.8 Å². The monoisotopic (exact) mass is 443 g/mol. The topological polar surface area (TPSA) is 69.7 Å². The molecule has 1 heterocycles. The number of nitrogens with zero attached hydrogens (tertiary/aromatic N) is 2. The smallest absolute Gasteiger partial charge is 0.243 e. The number of benzene rings is 2. The Bertz CT molecular complexity index is 964. The number of hydrogen-bond donors (Lipinski definition) is 1. The van der Waals surface area contributed by atoms with Gasteiger partial charge in [-0.25, -0.2) is 8.42 Å². The number of hydrogen-bond acceptors (Lipinski definition) is 4. The molecule has 0 aromatic heterocycles. The first-order valence-corrected chi connectivity index (χ1v) is 12.4. The molecule has 1 amide bonds. The molecule has 0 bridgehead atoms. The van der Waals surface area contributed by atoms with Crippen molar-refractivity contribution in [2.75, 3.05) is 32.7 Å². The average Bonchev–Trinajstić information content (AvgIpc) is 2.79. The molecule has 0 saturated carbocycles. The van der Waals surface area contributed by atoms with Crippen molar-refractivity contribution >= 4 is 15.9 Å². The summed E-state index contributed by atoms with van der Waals surface area (Å²) in [6.45, 7) is 8.88. The van der Waals surface area contributed by atoms with Crippen molar-refractivity contribution in [1.29, 1.82) is 0 Å². The predicted molar refractivity (Wildman–Crippen MR) is 123 cm³/mol. The van der Waals surface area contributed by atoms with Crippen LogP contribution in [0.3, 0.4) is 0 Å². The minimum absolute atomic E-state index is 0.158. The lowest BCUT2D eigenvalue weighted by Crippen LogP contribution is -2.50. The van der Waals surface area contributed by atoms with Crippen molar-refractivity contribution in [3.05, 3.63) is 65.2 Å². The van der Waals surface area contributed by atoms with Gasteiger partial charge < -0.3 is 10.2 Å². The quantitative estimate of drug-likeness (QED) is 0.681. The van der Waals surface area contributed by atoms with E-state index in [9.17, 15) is 13.2 Å². The highest BCUT2D eigenvalue weighted by Gasteiger charge is 2.29. The average molecular weight is 444 g/mol. The summed E-state index contributed by atoms with van der Waals surface area (Å²) >= 11 is 0. The van der Waals surface area contributed by atoms with Crippen LogP contribution in [0.5, 0.6) is 0 Å². The lowest BCUT2D eigenvalue weighted by Gasteiger charge is -2.30. The molecule has 0 spiro atoms. The molecule has 1 aliphatic rings. The Morgan fingerprint density at radius 2 is 1.58 bits per heavy atom. The molecule has 1 saturated heterocycles. The number of rotatable bonds is 8. The molecule has 7 heteroatoms. The van der Waals surface area contributed by atoms with Gasteiger partial charge in [0.2, 0.25) is 15.9 Å². The Morgan fingerprint density at radius 1 is 1.00 bits per heavy atom. The van der Waals surface area contributed by atoms with E-state index in [-0.39, 0.29) is 23.9 Å². The maximum absolute atomic E-state index is 13.5. The first kappa shape index (κ1) is 23.4. The zero-order valence-electron chi connectivity index (χ0n) is 18.7. The molecule has 168 valence electrons. The molecule has 1 N–H and O–H groups in total. The van der Waals surface area contributed by atoms with Crippen LogP contribution in [0.1, 0.15) is 43.4 Å². The molecule has 1 fully saturated rings. The van der Waals surface area contributed by atoms with Gasteiger partial charge in [0.05, 0.1) is 11.4 Å². The highest BCUT2D eigenvalue weighted by atomic mass is 32.2. The minimum atomic E-state index is -3.82. The van der Waals surface area contributed by atoms with Crippen LogP contribution >= 0.6 is 0 Å². The molecule has 3 rings (SSSR count). The Balaban J connectivity index is 1.87.